The standard InChI is InChI=1S/C25H21BrN2O3S/c1-18-9-15-22(16-10-18)32(30,31)28(21-13-11-20(26)12-14-21)17-25(29)27-24-8-4-6-19-5-2-3-7-23(19)24/h2-16H,17H2,1H3,(H,27,29). The number of fused-ring (bicyclic) bond motifs is 1. The van der Waals surface area contributed by atoms with Crippen molar-refractivity contribution in [1.82, 2.24) is 0 Å². The zero-order chi connectivity index (χ0) is 22.7. The molecule has 0 radical (unpaired) electrons. The molecule has 0 saturated carbocycles. The molecule has 7 heteroatoms. The van der Waals surface area contributed by atoms with Gasteiger partial charge < -0.3 is 5.32 Å². The predicted molar refractivity (Wildman–Crippen MR) is 132 cm³/mol. The number of benzene rings is 4. The third-order valence-corrected chi connectivity index (χ3v) is 7.39. The van der Waals surface area contributed by atoms with Crippen molar-refractivity contribution < 1.29 is 13.2 Å². The number of sulfonamides is 1. The van der Waals surface area contributed by atoms with E-state index in [9.17, 15) is 13.2 Å². The van der Waals surface area contributed by atoms with Gasteiger partial charge in [-0.3, -0.25) is 9.10 Å². The number of amides is 1. The van der Waals surface area contributed by atoms with Crippen molar-refractivity contribution >= 4 is 54.0 Å². The third kappa shape index (κ3) is 4.69. The molecule has 0 heterocycles. The molecule has 0 saturated heterocycles. The van der Waals surface area contributed by atoms with Gasteiger partial charge in [0.05, 0.1) is 10.6 Å². The summed E-state index contributed by atoms with van der Waals surface area (Å²) < 4.78 is 28.9. The van der Waals surface area contributed by atoms with Gasteiger partial charge in [-0.1, -0.05) is 70.0 Å². The van der Waals surface area contributed by atoms with Crippen LogP contribution in [-0.2, 0) is 14.8 Å². The molecule has 0 fully saturated rings. The largest absolute Gasteiger partial charge is 0.324 e. The summed E-state index contributed by atoms with van der Waals surface area (Å²) >= 11 is 3.37. The van der Waals surface area contributed by atoms with Crippen molar-refractivity contribution in [2.24, 2.45) is 0 Å². The molecule has 0 aliphatic carbocycles. The van der Waals surface area contributed by atoms with E-state index in [0.717, 1.165) is 25.1 Å². The molecule has 0 unspecified atom stereocenters. The van der Waals surface area contributed by atoms with Crippen LogP contribution in [0.3, 0.4) is 0 Å². The molecular weight excluding hydrogens is 488 g/mol. The number of anilines is 2. The minimum atomic E-state index is -3.96. The van der Waals surface area contributed by atoms with E-state index >= 15 is 0 Å². The Hall–Kier alpha value is -3.16. The minimum absolute atomic E-state index is 0.129. The number of aryl methyl sites for hydroxylation is 1. The number of hydrogen-bond donors (Lipinski definition) is 1. The van der Waals surface area contributed by atoms with Gasteiger partial charge in [-0.15, -0.1) is 0 Å². The summed E-state index contributed by atoms with van der Waals surface area (Å²) in [6, 6.07) is 26.7. The summed E-state index contributed by atoms with van der Waals surface area (Å²) in [4.78, 5) is 13.1. The lowest BCUT2D eigenvalue weighted by atomic mass is 10.1. The highest BCUT2D eigenvalue weighted by Crippen LogP contribution is 2.27. The number of hydrogen-bond acceptors (Lipinski definition) is 3. The lowest BCUT2D eigenvalue weighted by molar-refractivity contribution is -0.114. The maximum Gasteiger partial charge on any atom is 0.264 e. The van der Waals surface area contributed by atoms with Crippen LogP contribution in [-0.4, -0.2) is 20.9 Å². The van der Waals surface area contributed by atoms with Crippen LogP contribution in [0.4, 0.5) is 11.4 Å². The Bertz CT molecular complexity index is 1360. The summed E-state index contributed by atoms with van der Waals surface area (Å²) in [5.74, 6) is -0.431. The van der Waals surface area contributed by atoms with Gasteiger partial charge in [0.25, 0.3) is 10.0 Å². The zero-order valence-electron chi connectivity index (χ0n) is 17.3. The molecule has 32 heavy (non-hydrogen) atoms. The van der Waals surface area contributed by atoms with Gasteiger partial charge in [-0.05, 0) is 54.8 Å². The van der Waals surface area contributed by atoms with Crippen LogP contribution < -0.4 is 9.62 Å². The Kier molecular flexibility index (Phi) is 6.30. The second-order valence-electron chi connectivity index (χ2n) is 7.38. The van der Waals surface area contributed by atoms with Gasteiger partial charge in [0, 0.05) is 15.5 Å². The van der Waals surface area contributed by atoms with Gasteiger partial charge >= 0.3 is 0 Å². The molecule has 4 aromatic rings. The lowest BCUT2D eigenvalue weighted by Crippen LogP contribution is -2.38. The average molecular weight is 509 g/mol. The van der Waals surface area contributed by atoms with Crippen molar-refractivity contribution in [2.75, 3.05) is 16.2 Å². The average Bonchev–Trinajstić information content (AvgIpc) is 2.79. The van der Waals surface area contributed by atoms with E-state index in [-0.39, 0.29) is 11.4 Å². The first kappa shape index (κ1) is 22.0. The number of rotatable bonds is 6. The molecular formula is C25H21BrN2O3S. The first-order valence-electron chi connectivity index (χ1n) is 9.97. The van der Waals surface area contributed by atoms with Crippen LogP contribution in [0.5, 0.6) is 0 Å². The first-order chi connectivity index (χ1) is 15.3. The Balaban J connectivity index is 1.68. The molecule has 4 aromatic carbocycles. The molecule has 1 N–H and O–H groups in total. The van der Waals surface area contributed by atoms with Crippen molar-refractivity contribution in [1.29, 1.82) is 0 Å². The minimum Gasteiger partial charge on any atom is -0.324 e. The van der Waals surface area contributed by atoms with E-state index in [1.165, 1.54) is 0 Å². The maximum absolute atomic E-state index is 13.5. The Morgan fingerprint density at radius 3 is 2.25 bits per heavy atom. The maximum atomic E-state index is 13.5. The van der Waals surface area contributed by atoms with Crippen molar-refractivity contribution in [3.8, 4) is 0 Å². The fourth-order valence-electron chi connectivity index (χ4n) is 3.41. The Labute approximate surface area is 195 Å². The van der Waals surface area contributed by atoms with E-state index < -0.39 is 15.9 Å². The summed E-state index contributed by atoms with van der Waals surface area (Å²) in [6.45, 7) is 1.53. The van der Waals surface area contributed by atoms with Crippen molar-refractivity contribution in [2.45, 2.75) is 11.8 Å². The Morgan fingerprint density at radius 2 is 1.53 bits per heavy atom. The first-order valence-corrected chi connectivity index (χ1v) is 12.2. The fraction of sp³-hybridized carbons (Fsp3) is 0.0800. The summed E-state index contributed by atoms with van der Waals surface area (Å²) in [5, 5.41) is 4.75. The van der Waals surface area contributed by atoms with Crippen LogP contribution in [0.25, 0.3) is 10.8 Å². The van der Waals surface area contributed by atoms with Gasteiger partial charge in [0.1, 0.15) is 6.54 Å². The highest BCUT2D eigenvalue weighted by molar-refractivity contribution is 9.10. The van der Waals surface area contributed by atoms with Gasteiger partial charge in [-0.2, -0.15) is 0 Å². The van der Waals surface area contributed by atoms with Crippen molar-refractivity contribution in [3.05, 3.63) is 101 Å². The van der Waals surface area contributed by atoms with Crippen LogP contribution in [0.15, 0.2) is 100 Å². The smallest absolute Gasteiger partial charge is 0.264 e. The molecule has 5 nitrogen and oxygen atoms in total. The number of halogens is 1. The SMILES string of the molecule is Cc1ccc(S(=O)(=O)N(CC(=O)Nc2cccc3ccccc23)c2ccc(Br)cc2)cc1. The summed E-state index contributed by atoms with van der Waals surface area (Å²) in [7, 11) is -3.96. The number of nitrogens with one attached hydrogen (secondary N) is 1. The fourth-order valence-corrected chi connectivity index (χ4v) is 5.10. The summed E-state index contributed by atoms with van der Waals surface area (Å²) in [5.41, 5.74) is 1.99. The molecule has 1 amide bonds. The quantitative estimate of drug-likeness (QED) is 0.360. The van der Waals surface area contributed by atoms with E-state index in [4.69, 9.17) is 0 Å². The highest BCUT2D eigenvalue weighted by Gasteiger charge is 2.27. The molecule has 4 rings (SSSR count). The van der Waals surface area contributed by atoms with Gasteiger partial charge in [0.2, 0.25) is 5.91 Å². The van der Waals surface area contributed by atoms with E-state index in [0.29, 0.717) is 11.4 Å². The molecule has 0 aliphatic heterocycles. The summed E-state index contributed by atoms with van der Waals surface area (Å²) in [6.07, 6.45) is 0. The van der Waals surface area contributed by atoms with Crippen LogP contribution >= 0.6 is 15.9 Å². The number of carbonyl (C=O) groups excluding carboxylic acids is 1. The highest BCUT2D eigenvalue weighted by atomic mass is 79.9. The topological polar surface area (TPSA) is 66.5 Å². The number of carbonyl (C=O) groups is 1. The van der Waals surface area contributed by atoms with E-state index in [1.807, 2.05) is 43.3 Å². The van der Waals surface area contributed by atoms with Crippen LogP contribution in [0.1, 0.15) is 5.56 Å². The normalized spacial score (nSPS) is 11.3. The van der Waals surface area contributed by atoms with Crippen molar-refractivity contribution in [3.63, 3.8) is 0 Å². The molecule has 0 aromatic heterocycles. The van der Waals surface area contributed by atoms with Gasteiger partial charge in [-0.25, -0.2) is 8.42 Å². The van der Waals surface area contributed by atoms with E-state index in [1.54, 1.807) is 54.6 Å². The molecule has 162 valence electrons. The van der Waals surface area contributed by atoms with Crippen LogP contribution in [0.2, 0.25) is 0 Å². The van der Waals surface area contributed by atoms with Crippen LogP contribution in [0, 0.1) is 6.92 Å². The Morgan fingerprint density at radius 1 is 0.875 bits per heavy atom. The predicted octanol–water partition coefficient (Wildman–Crippen LogP) is 5.74. The third-order valence-electron chi connectivity index (χ3n) is 5.07. The van der Waals surface area contributed by atoms with Gasteiger partial charge in [0.15, 0.2) is 0 Å². The molecule has 0 atom stereocenters. The number of nitrogens with zero attached hydrogens (tertiary/aromatic N) is 1. The molecule has 0 bridgehead atoms. The second kappa shape index (κ2) is 9.14. The zero-order valence-corrected chi connectivity index (χ0v) is 19.7. The monoisotopic (exact) mass is 508 g/mol. The molecule has 0 spiro atoms. The lowest BCUT2D eigenvalue weighted by Gasteiger charge is -2.24. The second-order valence-corrected chi connectivity index (χ2v) is 10.2. The van der Waals surface area contributed by atoms with E-state index in [2.05, 4.69) is 21.2 Å². The molecule has 0 aliphatic rings.